The molecule has 6 nitrogen and oxygen atoms in total. The van der Waals surface area contributed by atoms with Gasteiger partial charge in [-0.2, -0.15) is 0 Å². The van der Waals surface area contributed by atoms with Crippen molar-refractivity contribution < 1.29 is 19.1 Å². The Labute approximate surface area is 145 Å². The lowest BCUT2D eigenvalue weighted by molar-refractivity contribution is -0.142. The van der Waals surface area contributed by atoms with Crippen LogP contribution in [0.4, 0.5) is 5.13 Å². The number of hydrogen-bond donors (Lipinski definition) is 1. The zero-order valence-corrected chi connectivity index (χ0v) is 14.6. The van der Waals surface area contributed by atoms with Crippen LogP contribution in [0.3, 0.4) is 0 Å². The van der Waals surface area contributed by atoms with Gasteiger partial charge < -0.3 is 10.1 Å². The number of rotatable bonds is 5. The molecule has 2 unspecified atom stereocenters. The van der Waals surface area contributed by atoms with Gasteiger partial charge in [-0.25, -0.2) is 4.98 Å². The van der Waals surface area contributed by atoms with Gasteiger partial charge in [-0.1, -0.05) is 6.42 Å². The number of anilines is 1. The molecule has 3 rings (SSSR count). The third kappa shape index (κ3) is 3.83. The van der Waals surface area contributed by atoms with Crippen LogP contribution in [0.5, 0.6) is 0 Å². The summed E-state index contributed by atoms with van der Waals surface area (Å²) >= 11 is 1.31. The maximum absolute atomic E-state index is 12.5. The van der Waals surface area contributed by atoms with Crippen molar-refractivity contribution in [2.45, 2.75) is 45.4 Å². The van der Waals surface area contributed by atoms with Gasteiger partial charge in [0, 0.05) is 23.1 Å². The molecule has 0 spiro atoms. The van der Waals surface area contributed by atoms with E-state index in [0.29, 0.717) is 36.1 Å². The van der Waals surface area contributed by atoms with E-state index in [1.54, 1.807) is 12.3 Å². The summed E-state index contributed by atoms with van der Waals surface area (Å²) in [4.78, 5) is 40.3. The maximum Gasteiger partial charge on any atom is 0.311 e. The van der Waals surface area contributed by atoms with Crippen LogP contribution in [0.15, 0.2) is 5.38 Å². The monoisotopic (exact) mass is 350 g/mol. The number of hydrogen-bond acceptors (Lipinski definition) is 6. The topological polar surface area (TPSA) is 85.4 Å². The molecule has 2 saturated carbocycles. The van der Waals surface area contributed by atoms with Crippen LogP contribution in [0.2, 0.25) is 0 Å². The highest BCUT2D eigenvalue weighted by Gasteiger charge is 2.41. The van der Waals surface area contributed by atoms with Crippen LogP contribution in [0, 0.1) is 17.8 Å². The van der Waals surface area contributed by atoms with Crippen molar-refractivity contribution in [3.8, 4) is 0 Å². The number of Topliss-reactive ketones (excluding diaryl/α,β-unsaturated/α-hetero) is 1. The van der Waals surface area contributed by atoms with Crippen LogP contribution in [-0.4, -0.2) is 29.3 Å². The number of fused-ring (bicyclic) bond motifs is 2. The van der Waals surface area contributed by atoms with E-state index in [1.165, 1.54) is 11.3 Å². The minimum absolute atomic E-state index is 0.0589. The fourth-order valence-corrected chi connectivity index (χ4v) is 4.42. The number of aromatic nitrogens is 1. The molecule has 2 bridgehead atoms. The van der Waals surface area contributed by atoms with Gasteiger partial charge in [-0.15, -0.1) is 11.3 Å². The van der Waals surface area contributed by atoms with Crippen molar-refractivity contribution in [1.29, 1.82) is 0 Å². The molecule has 1 heterocycles. The molecule has 1 N–H and O–H groups in total. The molecule has 2 aliphatic carbocycles. The number of carbonyl (C=O) groups is 3. The molecular weight excluding hydrogens is 328 g/mol. The number of thiazole rings is 1. The van der Waals surface area contributed by atoms with Crippen molar-refractivity contribution in [2.75, 3.05) is 11.9 Å². The lowest BCUT2D eigenvalue weighted by Crippen LogP contribution is -2.40. The Kier molecular flexibility index (Phi) is 5.28. The van der Waals surface area contributed by atoms with E-state index >= 15 is 0 Å². The minimum atomic E-state index is -0.320. The molecule has 1 aromatic rings. The molecule has 130 valence electrons. The second-order valence-corrected chi connectivity index (χ2v) is 7.37. The van der Waals surface area contributed by atoms with E-state index in [4.69, 9.17) is 4.74 Å². The Bertz CT molecular complexity index is 626. The summed E-state index contributed by atoms with van der Waals surface area (Å²) in [6.45, 7) is 2.10. The maximum atomic E-state index is 12.5. The lowest BCUT2D eigenvalue weighted by atomic mass is 9.67. The Morgan fingerprint density at radius 1 is 1.33 bits per heavy atom. The van der Waals surface area contributed by atoms with E-state index in [1.807, 2.05) is 0 Å². The van der Waals surface area contributed by atoms with Gasteiger partial charge in [0.05, 0.1) is 18.7 Å². The van der Waals surface area contributed by atoms with E-state index in [0.717, 1.165) is 19.3 Å². The Morgan fingerprint density at radius 3 is 2.71 bits per heavy atom. The predicted octanol–water partition coefficient (Wildman–Crippen LogP) is 2.58. The second kappa shape index (κ2) is 7.42. The number of nitrogens with one attached hydrogen (secondary N) is 1. The number of esters is 1. The Morgan fingerprint density at radius 2 is 2.04 bits per heavy atom. The van der Waals surface area contributed by atoms with E-state index in [9.17, 15) is 14.4 Å². The van der Waals surface area contributed by atoms with Crippen molar-refractivity contribution in [1.82, 2.24) is 4.98 Å². The largest absolute Gasteiger partial charge is 0.466 e. The van der Waals surface area contributed by atoms with Crippen molar-refractivity contribution >= 4 is 34.1 Å². The number of amides is 1. The van der Waals surface area contributed by atoms with Gasteiger partial charge in [0.15, 0.2) is 5.13 Å². The van der Waals surface area contributed by atoms with Crippen molar-refractivity contribution in [3.63, 3.8) is 0 Å². The molecular formula is C17H22N2O4S. The van der Waals surface area contributed by atoms with Crippen LogP contribution < -0.4 is 5.32 Å². The van der Waals surface area contributed by atoms with Crippen molar-refractivity contribution in [2.24, 2.45) is 17.8 Å². The first-order chi connectivity index (χ1) is 11.6. The zero-order valence-electron chi connectivity index (χ0n) is 13.7. The highest BCUT2D eigenvalue weighted by molar-refractivity contribution is 7.13. The summed E-state index contributed by atoms with van der Waals surface area (Å²) in [5.74, 6) is -0.0183. The highest BCUT2D eigenvalue weighted by atomic mass is 32.1. The molecule has 2 aliphatic rings. The predicted molar refractivity (Wildman–Crippen MR) is 89.6 cm³/mol. The van der Waals surface area contributed by atoms with E-state index < -0.39 is 0 Å². The van der Waals surface area contributed by atoms with Crippen LogP contribution in [0.1, 0.15) is 44.7 Å². The molecule has 0 aromatic carbocycles. The minimum Gasteiger partial charge on any atom is -0.466 e. The first-order valence-electron chi connectivity index (χ1n) is 8.51. The van der Waals surface area contributed by atoms with Gasteiger partial charge in [0.1, 0.15) is 5.78 Å². The average Bonchev–Trinajstić information content (AvgIpc) is 2.94. The molecule has 0 radical (unpaired) electrons. The summed E-state index contributed by atoms with van der Waals surface area (Å²) in [7, 11) is 0. The average molecular weight is 350 g/mol. The lowest BCUT2D eigenvalue weighted by Gasteiger charge is -2.36. The normalized spacial score (nSPS) is 26.0. The summed E-state index contributed by atoms with van der Waals surface area (Å²) < 4.78 is 4.89. The van der Waals surface area contributed by atoms with Gasteiger partial charge in [0.2, 0.25) is 5.91 Å². The quantitative estimate of drug-likeness (QED) is 0.825. The van der Waals surface area contributed by atoms with Gasteiger partial charge >= 0.3 is 5.97 Å². The van der Waals surface area contributed by atoms with Gasteiger partial charge in [0.25, 0.3) is 0 Å². The van der Waals surface area contributed by atoms with E-state index in [2.05, 4.69) is 10.3 Å². The van der Waals surface area contributed by atoms with Crippen LogP contribution in [0.25, 0.3) is 0 Å². The van der Waals surface area contributed by atoms with Gasteiger partial charge in [-0.05, 0) is 32.6 Å². The van der Waals surface area contributed by atoms with Crippen LogP contribution >= 0.6 is 11.3 Å². The Balaban J connectivity index is 1.56. The number of carbonyl (C=O) groups excluding carboxylic acids is 3. The molecule has 0 saturated heterocycles. The Hall–Kier alpha value is -1.76. The summed E-state index contributed by atoms with van der Waals surface area (Å²) in [5.41, 5.74) is 0.601. The highest BCUT2D eigenvalue weighted by Crippen LogP contribution is 2.40. The third-order valence-electron chi connectivity index (χ3n) is 4.83. The second-order valence-electron chi connectivity index (χ2n) is 6.51. The SMILES string of the molecule is CCOC(=O)Cc1csc(NC(=O)C2CC3CCCC(C2)C3=O)n1. The number of ketones is 1. The van der Waals surface area contributed by atoms with Crippen LogP contribution in [-0.2, 0) is 25.5 Å². The fraction of sp³-hybridized carbons (Fsp3) is 0.647. The number of ether oxygens (including phenoxy) is 1. The summed E-state index contributed by atoms with van der Waals surface area (Å²) in [6.07, 6.45) is 4.35. The fourth-order valence-electron chi connectivity index (χ4n) is 3.71. The van der Waals surface area contributed by atoms with Crippen molar-refractivity contribution in [3.05, 3.63) is 11.1 Å². The molecule has 0 aliphatic heterocycles. The number of nitrogens with zero attached hydrogens (tertiary/aromatic N) is 1. The third-order valence-corrected chi connectivity index (χ3v) is 5.64. The van der Waals surface area contributed by atoms with E-state index in [-0.39, 0.29) is 36.1 Å². The zero-order chi connectivity index (χ0) is 17.1. The molecule has 7 heteroatoms. The standard InChI is InChI=1S/C17H22N2O4S/c1-2-23-14(20)8-13-9-24-17(18-13)19-16(22)12-6-10-4-3-5-11(7-12)15(10)21/h9-12H,2-8H2,1H3,(H,18,19,22). The smallest absolute Gasteiger partial charge is 0.311 e. The van der Waals surface area contributed by atoms with Gasteiger partial charge in [-0.3, -0.25) is 14.4 Å². The molecule has 24 heavy (non-hydrogen) atoms. The summed E-state index contributed by atoms with van der Waals surface area (Å²) in [6, 6.07) is 0. The first kappa shape index (κ1) is 17.1. The molecule has 2 fully saturated rings. The summed E-state index contributed by atoms with van der Waals surface area (Å²) in [5, 5.41) is 5.10. The molecule has 2 atom stereocenters. The molecule has 1 amide bonds. The molecule has 1 aromatic heterocycles. The first-order valence-corrected chi connectivity index (χ1v) is 9.39.